The van der Waals surface area contributed by atoms with Crippen LogP contribution < -0.4 is 9.80 Å². The van der Waals surface area contributed by atoms with Gasteiger partial charge in [-0.3, -0.25) is 9.80 Å². The van der Waals surface area contributed by atoms with Gasteiger partial charge in [-0.25, -0.2) is 0 Å². The highest BCUT2D eigenvalue weighted by molar-refractivity contribution is 5.87. The molecule has 10 rings (SSSR count). The van der Waals surface area contributed by atoms with Crippen LogP contribution >= 0.6 is 0 Å². The first-order valence-electron chi connectivity index (χ1n) is 18.6. The van der Waals surface area contributed by atoms with Crippen LogP contribution in [-0.2, 0) is 19.4 Å². The van der Waals surface area contributed by atoms with Crippen LogP contribution in [0, 0.1) is 6.92 Å². The largest absolute Gasteiger partial charge is 0.309 e. The maximum absolute atomic E-state index is 2.52. The Labute approximate surface area is 311 Å². The third kappa shape index (κ3) is 5.44. The Morgan fingerprint density at radius 2 is 0.868 bits per heavy atom. The summed E-state index contributed by atoms with van der Waals surface area (Å²) in [5.74, 6) is 2.28. The van der Waals surface area contributed by atoms with E-state index in [0.29, 0.717) is 6.54 Å². The van der Waals surface area contributed by atoms with Gasteiger partial charge in [0.1, 0.15) is 11.6 Å². The molecule has 53 heavy (non-hydrogen) atoms. The molecule has 0 bridgehead atoms. The van der Waals surface area contributed by atoms with Gasteiger partial charge in [0.2, 0.25) is 0 Å². The number of aromatic nitrogens is 1. The number of anilines is 6. The third-order valence-electron chi connectivity index (χ3n) is 11.0. The van der Waals surface area contributed by atoms with Crippen LogP contribution in [0.15, 0.2) is 182 Å². The van der Waals surface area contributed by atoms with Crippen LogP contribution in [0.2, 0.25) is 0 Å². The number of hydrogen-bond acceptors (Lipinski definition) is 2. The zero-order chi connectivity index (χ0) is 35.3. The van der Waals surface area contributed by atoms with E-state index in [9.17, 15) is 0 Å². The fraction of sp³-hybridized carbons (Fsp3) is 0.0800. The van der Waals surface area contributed by atoms with Gasteiger partial charge in [0.25, 0.3) is 0 Å². The van der Waals surface area contributed by atoms with Crippen molar-refractivity contribution in [2.45, 2.75) is 26.3 Å². The third-order valence-corrected chi connectivity index (χ3v) is 11.0. The molecule has 3 nitrogen and oxygen atoms in total. The van der Waals surface area contributed by atoms with Gasteiger partial charge in [0.05, 0.1) is 6.54 Å². The van der Waals surface area contributed by atoms with Gasteiger partial charge in [0.15, 0.2) is 0 Å². The lowest BCUT2D eigenvalue weighted by molar-refractivity contribution is 0.796. The second-order valence-corrected chi connectivity index (χ2v) is 14.3. The van der Waals surface area contributed by atoms with Crippen LogP contribution in [0.4, 0.5) is 34.4 Å². The number of rotatable bonds is 8. The molecule has 0 aliphatic heterocycles. The summed E-state index contributed by atoms with van der Waals surface area (Å²) in [5, 5.41) is 0. The Morgan fingerprint density at radius 3 is 1.43 bits per heavy atom. The molecule has 254 valence electrons. The predicted octanol–water partition coefficient (Wildman–Crippen LogP) is 12.9. The normalized spacial score (nSPS) is 12.2. The Balaban J connectivity index is 1.18. The van der Waals surface area contributed by atoms with E-state index >= 15 is 0 Å². The zero-order valence-electron chi connectivity index (χ0n) is 29.8. The molecule has 0 fully saturated rings. The molecule has 0 saturated heterocycles. The van der Waals surface area contributed by atoms with Crippen LogP contribution in [0.5, 0.6) is 0 Å². The second kappa shape index (κ2) is 12.9. The van der Waals surface area contributed by atoms with E-state index in [1.165, 1.54) is 55.6 Å². The van der Waals surface area contributed by atoms with E-state index in [0.717, 1.165) is 47.2 Å². The Morgan fingerprint density at radius 1 is 0.415 bits per heavy atom. The fourth-order valence-corrected chi connectivity index (χ4v) is 8.56. The van der Waals surface area contributed by atoms with Crippen LogP contribution in [0.3, 0.4) is 0 Å². The topological polar surface area (TPSA) is 11.4 Å². The molecule has 3 heteroatoms. The molecule has 0 spiro atoms. The van der Waals surface area contributed by atoms with E-state index in [4.69, 9.17) is 0 Å². The van der Waals surface area contributed by atoms with E-state index < -0.39 is 0 Å². The molecule has 7 aromatic carbocycles. The van der Waals surface area contributed by atoms with Crippen molar-refractivity contribution in [1.82, 2.24) is 4.57 Å². The summed E-state index contributed by atoms with van der Waals surface area (Å²) in [6.45, 7) is 2.97. The molecule has 0 unspecified atom stereocenters. The molecule has 0 saturated carbocycles. The summed E-state index contributed by atoms with van der Waals surface area (Å²) >= 11 is 0. The summed E-state index contributed by atoms with van der Waals surface area (Å²) in [4.78, 5) is 4.92. The molecule has 0 N–H and O–H groups in total. The number of fused-ring (bicyclic) bond motifs is 6. The van der Waals surface area contributed by atoms with Gasteiger partial charge in [-0.2, -0.15) is 0 Å². The van der Waals surface area contributed by atoms with Crippen molar-refractivity contribution < 1.29 is 0 Å². The summed E-state index contributed by atoms with van der Waals surface area (Å²) in [6.07, 6.45) is 1.89. The van der Waals surface area contributed by atoms with Crippen molar-refractivity contribution in [2.24, 2.45) is 0 Å². The molecule has 1 aromatic heterocycles. The highest BCUT2D eigenvalue weighted by Gasteiger charge is 2.28. The summed E-state index contributed by atoms with van der Waals surface area (Å²) in [5.41, 5.74) is 17.9. The quantitative estimate of drug-likeness (QED) is 0.158. The number of hydrogen-bond donors (Lipinski definition) is 0. The highest BCUT2D eigenvalue weighted by Crippen LogP contribution is 2.47. The maximum Gasteiger partial charge on any atom is 0.122 e. The van der Waals surface area contributed by atoms with Crippen molar-refractivity contribution in [3.63, 3.8) is 0 Å². The van der Waals surface area contributed by atoms with Gasteiger partial charge < -0.3 is 4.57 Å². The fourth-order valence-electron chi connectivity index (χ4n) is 8.56. The van der Waals surface area contributed by atoms with Gasteiger partial charge in [-0.1, -0.05) is 127 Å². The summed E-state index contributed by atoms with van der Waals surface area (Å²) < 4.78 is 2.52. The van der Waals surface area contributed by atoms with E-state index in [1.54, 1.807) is 0 Å². The van der Waals surface area contributed by atoms with Crippen LogP contribution in [0.1, 0.15) is 33.4 Å². The zero-order valence-corrected chi connectivity index (χ0v) is 29.8. The number of benzene rings is 7. The monoisotopic (exact) mass is 681 g/mol. The lowest BCUT2D eigenvalue weighted by atomic mass is 10.0. The van der Waals surface area contributed by atoms with Crippen molar-refractivity contribution in [3.8, 4) is 22.3 Å². The number of para-hydroxylation sites is 2. The lowest BCUT2D eigenvalue weighted by Crippen LogP contribution is -2.20. The smallest absolute Gasteiger partial charge is 0.122 e. The van der Waals surface area contributed by atoms with Crippen LogP contribution in [0.25, 0.3) is 22.3 Å². The van der Waals surface area contributed by atoms with Gasteiger partial charge in [0, 0.05) is 22.7 Å². The second-order valence-electron chi connectivity index (χ2n) is 14.3. The predicted molar refractivity (Wildman–Crippen MR) is 221 cm³/mol. The first-order chi connectivity index (χ1) is 26.2. The molecule has 0 amide bonds. The van der Waals surface area contributed by atoms with Gasteiger partial charge >= 0.3 is 0 Å². The van der Waals surface area contributed by atoms with Gasteiger partial charge in [-0.05, 0) is 130 Å². The number of aryl methyl sites for hydroxylation is 1. The average Bonchev–Trinajstić information content (AvgIpc) is 3.87. The number of nitrogens with zero attached hydrogens (tertiary/aromatic N) is 3. The average molecular weight is 682 g/mol. The molecule has 1 heterocycles. The highest BCUT2D eigenvalue weighted by atomic mass is 15.3. The Hall–Kier alpha value is -6.58. The minimum Gasteiger partial charge on any atom is -0.309 e. The van der Waals surface area contributed by atoms with Crippen LogP contribution in [-0.4, -0.2) is 4.57 Å². The standard InChI is InChI=1S/C50H39N3/c1-35-29-49(52(41-19-7-3-8-20-41)43-25-27-47-39(32-43)30-37-17-11-13-23-45(37)47)51(34-36-15-5-2-6-16-36)50(35)53(42-21-9-4-10-22-42)44-26-28-48-40(33-44)31-38-18-12-14-24-46(38)48/h2-29,32-33H,30-31,34H2,1H3. The summed E-state index contributed by atoms with van der Waals surface area (Å²) in [6, 6.07) is 66.7. The van der Waals surface area contributed by atoms with E-state index in [1.807, 2.05) is 0 Å². The SMILES string of the molecule is Cc1cc(N(c2ccccc2)c2ccc3c(c2)Cc2ccccc2-3)n(Cc2ccccc2)c1N(c1ccccc1)c1ccc2c(c1)Cc1ccccc1-2. The Kier molecular flexibility index (Phi) is 7.58. The molecule has 0 atom stereocenters. The molecular formula is C50H39N3. The molecule has 2 aliphatic rings. The Bertz CT molecular complexity index is 2600. The van der Waals surface area contributed by atoms with E-state index in [2.05, 4.69) is 203 Å². The first-order valence-corrected chi connectivity index (χ1v) is 18.6. The van der Waals surface area contributed by atoms with Crippen molar-refractivity contribution in [3.05, 3.63) is 215 Å². The minimum atomic E-state index is 0.707. The van der Waals surface area contributed by atoms with Gasteiger partial charge in [-0.15, -0.1) is 0 Å². The maximum atomic E-state index is 2.52. The van der Waals surface area contributed by atoms with Crippen molar-refractivity contribution >= 4 is 34.4 Å². The molecular weight excluding hydrogens is 643 g/mol. The van der Waals surface area contributed by atoms with Crippen molar-refractivity contribution in [2.75, 3.05) is 9.80 Å². The molecule has 0 radical (unpaired) electrons. The van der Waals surface area contributed by atoms with E-state index in [-0.39, 0.29) is 0 Å². The minimum absolute atomic E-state index is 0.707. The summed E-state index contributed by atoms with van der Waals surface area (Å²) in [7, 11) is 0. The first kappa shape index (κ1) is 31.2. The molecule has 2 aliphatic carbocycles. The van der Waals surface area contributed by atoms with Crippen molar-refractivity contribution in [1.29, 1.82) is 0 Å². The lowest BCUT2D eigenvalue weighted by Gasteiger charge is -2.31. The molecule has 8 aromatic rings.